The predicted octanol–water partition coefficient (Wildman–Crippen LogP) is 4.68. The zero-order chi connectivity index (χ0) is 21.8. The predicted molar refractivity (Wildman–Crippen MR) is 116 cm³/mol. The highest BCUT2D eigenvalue weighted by atomic mass is 35.5. The third kappa shape index (κ3) is 2.79. The van der Waals surface area contributed by atoms with Gasteiger partial charge in [0.15, 0.2) is 11.2 Å². The number of hydrogen-bond donors (Lipinski definition) is 1. The Bertz CT molecular complexity index is 1080. The van der Waals surface area contributed by atoms with Crippen LogP contribution in [-0.4, -0.2) is 23.7 Å². The van der Waals surface area contributed by atoms with E-state index in [1.807, 2.05) is 12.1 Å². The fourth-order valence-corrected chi connectivity index (χ4v) is 5.83. The lowest BCUT2D eigenvalue weighted by molar-refractivity contribution is -0.149. The summed E-state index contributed by atoms with van der Waals surface area (Å²) in [5.74, 6) is -1.43. The molecule has 3 aliphatic rings. The molecule has 6 heteroatoms. The van der Waals surface area contributed by atoms with Crippen LogP contribution in [0.4, 0.5) is 0 Å². The quantitative estimate of drug-likeness (QED) is 0.326. The fourth-order valence-electron chi connectivity index (χ4n) is 5.70. The van der Waals surface area contributed by atoms with Gasteiger partial charge in [-0.05, 0) is 50.1 Å². The Balaban J connectivity index is 1.59. The monoisotopic (exact) mass is 437 g/mol. The largest absolute Gasteiger partial charge is 0.425 e. The topological polar surface area (TPSA) is 72.5 Å². The second kappa shape index (κ2) is 7.20. The number of ketones is 1. The molecule has 0 bridgehead atoms. The molecule has 3 atom stereocenters. The molecule has 2 aromatic rings. The van der Waals surface area contributed by atoms with E-state index in [1.165, 1.54) is 0 Å². The Morgan fingerprint density at radius 3 is 2.42 bits per heavy atom. The number of esters is 1. The number of benzene rings is 2. The van der Waals surface area contributed by atoms with Gasteiger partial charge in [0.25, 0.3) is 0 Å². The van der Waals surface area contributed by atoms with Gasteiger partial charge in [0.05, 0.1) is 5.41 Å². The Kier molecular flexibility index (Phi) is 4.70. The van der Waals surface area contributed by atoms with E-state index in [2.05, 4.69) is 5.32 Å². The fraction of sp³-hybridized carbons (Fsp3) is 0.400. The van der Waals surface area contributed by atoms with Crippen LogP contribution in [0.25, 0.3) is 0 Å². The van der Waals surface area contributed by atoms with Crippen LogP contribution in [0.5, 0.6) is 5.75 Å². The summed E-state index contributed by atoms with van der Waals surface area (Å²) in [5.41, 5.74) is -1.64. The minimum atomic E-state index is -1.56. The van der Waals surface area contributed by atoms with Crippen molar-refractivity contribution in [2.45, 2.75) is 51.0 Å². The molecule has 1 N–H and O–H groups in total. The molecule has 0 unspecified atom stereocenters. The number of rotatable bonds is 4. The number of fused-ring (bicyclic) bond motifs is 3. The lowest BCUT2D eigenvalue weighted by Gasteiger charge is -2.28. The first kappa shape index (κ1) is 20.3. The molecule has 31 heavy (non-hydrogen) atoms. The number of Topliss-reactive ketones (excluding diaryl/α,β-unsaturated/α-hetero) is 1. The summed E-state index contributed by atoms with van der Waals surface area (Å²) in [6.07, 6.45) is 5.04. The zero-order valence-electron chi connectivity index (χ0n) is 17.3. The molecule has 0 saturated heterocycles. The summed E-state index contributed by atoms with van der Waals surface area (Å²) < 4.78 is 5.63. The molecule has 5 nitrogen and oxygen atoms in total. The number of ether oxygens (including phenoxy) is 1. The van der Waals surface area contributed by atoms with Crippen molar-refractivity contribution in [3.8, 4) is 5.75 Å². The Morgan fingerprint density at radius 2 is 1.71 bits per heavy atom. The molecule has 0 radical (unpaired) electrons. The summed E-state index contributed by atoms with van der Waals surface area (Å²) in [4.78, 5) is 40.8. The molecule has 2 aliphatic carbocycles. The van der Waals surface area contributed by atoms with Gasteiger partial charge in [-0.3, -0.25) is 14.4 Å². The van der Waals surface area contributed by atoms with Gasteiger partial charge in [-0.15, -0.1) is 0 Å². The van der Waals surface area contributed by atoms with E-state index in [9.17, 15) is 14.4 Å². The van der Waals surface area contributed by atoms with E-state index in [4.69, 9.17) is 16.3 Å². The van der Waals surface area contributed by atoms with Crippen molar-refractivity contribution in [2.75, 3.05) is 0 Å². The van der Waals surface area contributed by atoms with Gasteiger partial charge in [-0.2, -0.15) is 0 Å². The van der Waals surface area contributed by atoms with Gasteiger partial charge < -0.3 is 10.1 Å². The number of halogens is 1. The molecular weight excluding hydrogens is 414 g/mol. The molecule has 1 heterocycles. The summed E-state index contributed by atoms with van der Waals surface area (Å²) in [5, 5.41) is 3.61. The third-order valence-corrected chi connectivity index (χ3v) is 7.63. The van der Waals surface area contributed by atoms with Crippen LogP contribution in [0.3, 0.4) is 0 Å². The van der Waals surface area contributed by atoms with E-state index in [-0.39, 0.29) is 11.8 Å². The number of amides is 1. The lowest BCUT2D eigenvalue weighted by Crippen LogP contribution is -2.49. The summed E-state index contributed by atoms with van der Waals surface area (Å²) in [6.45, 7) is 1.72. The van der Waals surface area contributed by atoms with Crippen molar-refractivity contribution in [1.82, 2.24) is 5.32 Å². The Labute approximate surface area is 186 Å². The van der Waals surface area contributed by atoms with Crippen LogP contribution in [0.15, 0.2) is 48.5 Å². The molecule has 2 aromatic carbocycles. The number of carbonyl (C=O) groups is 3. The molecule has 0 spiro atoms. The van der Waals surface area contributed by atoms with Crippen LogP contribution < -0.4 is 10.1 Å². The molecule has 1 aliphatic heterocycles. The Morgan fingerprint density at radius 1 is 1.03 bits per heavy atom. The van der Waals surface area contributed by atoms with Crippen LogP contribution in [0, 0.1) is 10.8 Å². The molecule has 2 fully saturated rings. The van der Waals surface area contributed by atoms with E-state index in [0.29, 0.717) is 16.3 Å². The smallest absolute Gasteiger partial charge is 0.328 e. The average Bonchev–Trinajstić information content (AvgIpc) is 3.38. The zero-order valence-corrected chi connectivity index (χ0v) is 18.1. The van der Waals surface area contributed by atoms with Crippen molar-refractivity contribution < 1.29 is 19.1 Å². The minimum absolute atomic E-state index is 0.0247. The van der Waals surface area contributed by atoms with E-state index < -0.39 is 28.6 Å². The Hall–Kier alpha value is -2.66. The van der Waals surface area contributed by atoms with Crippen molar-refractivity contribution >= 4 is 29.3 Å². The highest BCUT2D eigenvalue weighted by molar-refractivity contribution is 6.30. The third-order valence-electron chi connectivity index (χ3n) is 7.38. The first-order valence-electron chi connectivity index (χ1n) is 10.8. The molecule has 2 saturated carbocycles. The normalized spacial score (nSPS) is 29.4. The van der Waals surface area contributed by atoms with Crippen LogP contribution in [0.1, 0.15) is 60.9 Å². The molecule has 1 amide bonds. The molecule has 5 rings (SSSR count). The summed E-state index contributed by atoms with van der Waals surface area (Å²) in [6, 6.07) is 13.8. The first-order valence-corrected chi connectivity index (χ1v) is 11.2. The second-order valence-corrected chi connectivity index (χ2v) is 9.45. The maximum atomic E-state index is 13.7. The van der Waals surface area contributed by atoms with Gasteiger partial charge in [-0.25, -0.2) is 0 Å². The SMILES string of the molecule is C[C@@]1(C(=O)c2ccc(Cl)cc2)[C@H]2c3ccccc3OC(=O)[C@@]21C(=O)NC1CCCCC1. The summed E-state index contributed by atoms with van der Waals surface area (Å²) in [7, 11) is 0. The van der Waals surface area contributed by atoms with Crippen molar-refractivity contribution in [2.24, 2.45) is 10.8 Å². The van der Waals surface area contributed by atoms with E-state index in [0.717, 1.165) is 37.7 Å². The maximum Gasteiger partial charge on any atom is 0.328 e. The molecule has 160 valence electrons. The second-order valence-electron chi connectivity index (χ2n) is 9.02. The van der Waals surface area contributed by atoms with Crippen LogP contribution in [0.2, 0.25) is 5.02 Å². The van der Waals surface area contributed by atoms with E-state index >= 15 is 0 Å². The van der Waals surface area contributed by atoms with Gasteiger partial charge in [0.2, 0.25) is 5.91 Å². The van der Waals surface area contributed by atoms with Gasteiger partial charge in [0, 0.05) is 28.1 Å². The van der Waals surface area contributed by atoms with Crippen molar-refractivity contribution in [3.05, 3.63) is 64.7 Å². The van der Waals surface area contributed by atoms with E-state index in [1.54, 1.807) is 43.3 Å². The van der Waals surface area contributed by atoms with Gasteiger partial charge in [-0.1, -0.05) is 49.1 Å². The number of nitrogens with one attached hydrogen (secondary N) is 1. The van der Waals surface area contributed by atoms with Gasteiger partial charge >= 0.3 is 5.97 Å². The molecule has 0 aromatic heterocycles. The highest BCUT2D eigenvalue weighted by Gasteiger charge is 2.88. The van der Waals surface area contributed by atoms with Gasteiger partial charge in [0.1, 0.15) is 5.75 Å². The number of carbonyl (C=O) groups excluding carboxylic acids is 3. The molecular formula is C25H24ClNO4. The standard InChI is InChI=1S/C25H24ClNO4/c1-24(21(28)15-11-13-16(26)14-12-15)20-18-9-5-6-10-19(18)31-23(30)25(20,24)22(29)27-17-7-3-2-4-8-17/h5-6,9-14,17,20H,2-4,7-8H2,1H3,(H,27,29)/t20-,24+,25+/m1/s1. The van der Waals surface area contributed by atoms with Crippen LogP contribution in [-0.2, 0) is 9.59 Å². The highest BCUT2D eigenvalue weighted by Crippen LogP contribution is 2.78. The number of para-hydroxylation sites is 1. The van der Waals surface area contributed by atoms with Crippen LogP contribution >= 0.6 is 11.6 Å². The summed E-state index contributed by atoms with van der Waals surface area (Å²) >= 11 is 5.99. The maximum absolute atomic E-state index is 13.7. The number of hydrogen-bond acceptors (Lipinski definition) is 4. The lowest BCUT2D eigenvalue weighted by atomic mass is 9.85. The minimum Gasteiger partial charge on any atom is -0.425 e. The van der Waals surface area contributed by atoms with Crippen molar-refractivity contribution in [3.63, 3.8) is 0 Å². The first-order chi connectivity index (χ1) is 14.9. The van der Waals surface area contributed by atoms with Crippen molar-refractivity contribution in [1.29, 1.82) is 0 Å². The average molecular weight is 438 g/mol.